The highest BCUT2D eigenvalue weighted by molar-refractivity contribution is 7.09. The maximum absolute atomic E-state index is 15.4. The minimum atomic E-state index is -2.16. The van der Waals surface area contributed by atoms with Crippen molar-refractivity contribution in [1.29, 1.82) is 0 Å². The molecule has 2 rings (SSSR count). The molecule has 1 aromatic heterocycles. The molecule has 3 atom stereocenters. The summed E-state index contributed by atoms with van der Waals surface area (Å²) in [6, 6.07) is 0. The van der Waals surface area contributed by atoms with E-state index < -0.39 is 14.4 Å². The first-order valence-electron chi connectivity index (χ1n) is 12.8. The molecular weight excluding hydrogens is 481 g/mol. The quantitative estimate of drug-likeness (QED) is 0.193. The van der Waals surface area contributed by atoms with E-state index in [-0.39, 0.29) is 23.3 Å². The Labute approximate surface area is 217 Å². The van der Waals surface area contributed by atoms with Crippen molar-refractivity contribution >= 4 is 25.7 Å². The number of hydrogen-bond donors (Lipinski definition) is 0. The van der Waals surface area contributed by atoms with Gasteiger partial charge in [-0.05, 0) is 77.1 Å². The van der Waals surface area contributed by atoms with Gasteiger partial charge in [-0.25, -0.2) is 9.37 Å². The molecule has 0 spiro atoms. The van der Waals surface area contributed by atoms with Crippen LogP contribution in [0.2, 0.25) is 18.1 Å². The highest BCUT2D eigenvalue weighted by Crippen LogP contribution is 2.39. The third kappa shape index (κ3) is 10.9. The predicted octanol–water partition coefficient (Wildman–Crippen LogP) is 7.83. The van der Waals surface area contributed by atoms with Crippen molar-refractivity contribution in [2.24, 2.45) is 0 Å². The summed E-state index contributed by atoms with van der Waals surface area (Å²) in [5.41, 5.74) is 1.81. The van der Waals surface area contributed by atoms with Crippen LogP contribution in [-0.2, 0) is 18.6 Å². The summed E-state index contributed by atoms with van der Waals surface area (Å²) in [5.74, 6) is -0.267. The summed E-state index contributed by atoms with van der Waals surface area (Å²) >= 11 is 1.52. The van der Waals surface area contributed by atoms with Crippen LogP contribution < -0.4 is 0 Å². The molecule has 1 fully saturated rings. The van der Waals surface area contributed by atoms with Crippen LogP contribution in [0.5, 0.6) is 0 Å². The minimum Gasteiger partial charge on any atom is -0.407 e. The zero-order chi connectivity index (χ0) is 26.1. The molecule has 1 aliphatic rings. The van der Waals surface area contributed by atoms with E-state index in [0.717, 1.165) is 42.9 Å². The van der Waals surface area contributed by atoms with Gasteiger partial charge in [-0.1, -0.05) is 32.4 Å². The topological polar surface area (TPSA) is 49.8 Å². The molecule has 0 N–H and O–H groups in total. The third-order valence-electron chi connectivity index (χ3n) is 6.71. The number of aromatic nitrogens is 1. The molecule has 0 radical (unpaired) electrons. The maximum atomic E-state index is 15.4. The largest absolute Gasteiger partial charge is 0.407 e. The molecule has 0 saturated carbocycles. The Morgan fingerprint density at radius 3 is 2.69 bits per heavy atom. The molecule has 0 amide bonds. The van der Waals surface area contributed by atoms with Crippen LogP contribution in [0.1, 0.15) is 77.4 Å². The molecule has 0 aromatic carbocycles. The first kappa shape index (κ1) is 30.3. The van der Waals surface area contributed by atoms with E-state index in [2.05, 4.69) is 51.8 Å². The second-order valence-corrected chi connectivity index (χ2v) is 16.9. The van der Waals surface area contributed by atoms with Crippen LogP contribution >= 0.6 is 11.3 Å². The molecule has 2 heterocycles. The van der Waals surface area contributed by atoms with Gasteiger partial charge in [-0.3, -0.25) is 0 Å². The summed E-state index contributed by atoms with van der Waals surface area (Å²) in [6.45, 7) is 18.8. The van der Waals surface area contributed by atoms with Gasteiger partial charge in [0.05, 0.1) is 30.0 Å². The van der Waals surface area contributed by atoms with Gasteiger partial charge in [0.1, 0.15) is 11.9 Å². The number of aryl methyl sites for hydroxylation is 1. The molecular formula is C27H46FNO4SSi. The van der Waals surface area contributed by atoms with Crippen LogP contribution in [0.15, 0.2) is 22.9 Å². The van der Waals surface area contributed by atoms with Gasteiger partial charge in [-0.2, -0.15) is 0 Å². The smallest absolute Gasteiger partial charge is 0.193 e. The Hall–Kier alpha value is -0.903. The second-order valence-electron chi connectivity index (χ2n) is 11.0. The van der Waals surface area contributed by atoms with Crippen LogP contribution in [0.3, 0.4) is 0 Å². The third-order valence-corrected chi connectivity index (χ3v) is 12.0. The Bertz CT molecular complexity index is 827. The summed E-state index contributed by atoms with van der Waals surface area (Å²) in [4.78, 5) is 4.38. The number of nitrogens with zero attached hydrogens (tertiary/aromatic N) is 1. The molecule has 35 heavy (non-hydrogen) atoms. The summed E-state index contributed by atoms with van der Waals surface area (Å²) in [6.07, 6.45) is 7.40. The van der Waals surface area contributed by atoms with Crippen molar-refractivity contribution in [2.75, 3.05) is 19.8 Å². The van der Waals surface area contributed by atoms with E-state index in [1.54, 1.807) is 0 Å². The van der Waals surface area contributed by atoms with E-state index >= 15 is 4.39 Å². The van der Waals surface area contributed by atoms with Gasteiger partial charge in [0, 0.05) is 12.0 Å². The first-order chi connectivity index (χ1) is 16.4. The lowest BCUT2D eigenvalue weighted by atomic mass is 10.1. The van der Waals surface area contributed by atoms with Gasteiger partial charge in [0.15, 0.2) is 14.6 Å². The number of thiazole rings is 1. The average molecular weight is 528 g/mol. The second kappa shape index (κ2) is 14.1. The Kier molecular flexibility index (Phi) is 12.3. The number of ether oxygens (including phenoxy) is 3. The van der Waals surface area contributed by atoms with Crippen LogP contribution in [0, 0.1) is 6.92 Å². The molecule has 1 unspecified atom stereocenters. The van der Waals surface area contributed by atoms with Crippen LogP contribution in [0.4, 0.5) is 4.39 Å². The molecule has 0 aliphatic carbocycles. The van der Waals surface area contributed by atoms with Crippen molar-refractivity contribution < 1.29 is 23.0 Å². The zero-order valence-electron chi connectivity index (χ0n) is 23.0. The van der Waals surface area contributed by atoms with Crippen molar-refractivity contribution in [3.63, 3.8) is 0 Å². The minimum absolute atomic E-state index is 0.00375. The van der Waals surface area contributed by atoms with Crippen molar-refractivity contribution in [3.8, 4) is 0 Å². The molecule has 0 bridgehead atoms. The summed E-state index contributed by atoms with van der Waals surface area (Å²) in [5, 5.41) is 2.80. The van der Waals surface area contributed by atoms with Crippen LogP contribution in [0.25, 0.3) is 6.08 Å². The lowest BCUT2D eigenvalue weighted by molar-refractivity contribution is -0.178. The van der Waals surface area contributed by atoms with E-state index in [4.69, 9.17) is 18.6 Å². The molecule has 200 valence electrons. The standard InChI is InChI=1S/C27H46FNO4SSi/c1-20(14-16-30-21(2)18-32-26-11-9-10-15-31-26)12-13-25(33-35(7,8)27(4,5)6)24(28)17-23-19-34-22(3)29-23/h12,17,19,21,25-26H,9-11,13-16,18H2,1-8H3/b20-12+,24-17-/t21-,25+,26?/m1/s1. The lowest BCUT2D eigenvalue weighted by Gasteiger charge is -2.38. The first-order valence-corrected chi connectivity index (χ1v) is 16.6. The fourth-order valence-electron chi connectivity index (χ4n) is 3.40. The van der Waals surface area contributed by atoms with Crippen molar-refractivity contribution in [3.05, 3.63) is 33.6 Å². The Morgan fingerprint density at radius 2 is 2.09 bits per heavy atom. The SMILES string of the molecule is C/C(=C\C[C@H](O[Si](C)(C)C(C)(C)C)/C(F)=C/c1csc(C)n1)CCO[C@H](C)COC1CCCCO1. The number of rotatable bonds is 13. The van der Waals surface area contributed by atoms with Gasteiger partial charge in [-0.15, -0.1) is 11.3 Å². The maximum Gasteiger partial charge on any atom is 0.193 e. The van der Waals surface area contributed by atoms with Crippen molar-refractivity contribution in [1.82, 2.24) is 4.98 Å². The summed E-state index contributed by atoms with van der Waals surface area (Å²) in [7, 11) is -2.16. The average Bonchev–Trinajstić information content (AvgIpc) is 3.19. The van der Waals surface area contributed by atoms with Gasteiger partial charge in [0.25, 0.3) is 0 Å². The predicted molar refractivity (Wildman–Crippen MR) is 146 cm³/mol. The Morgan fingerprint density at radius 1 is 1.34 bits per heavy atom. The molecule has 5 nitrogen and oxygen atoms in total. The van der Waals surface area contributed by atoms with E-state index in [0.29, 0.717) is 25.3 Å². The Balaban J connectivity index is 1.91. The van der Waals surface area contributed by atoms with E-state index in [1.165, 1.54) is 17.4 Å². The van der Waals surface area contributed by atoms with Crippen LogP contribution in [-0.4, -0.2) is 51.6 Å². The molecule has 1 saturated heterocycles. The zero-order valence-corrected chi connectivity index (χ0v) is 24.8. The highest BCUT2D eigenvalue weighted by atomic mass is 32.1. The van der Waals surface area contributed by atoms with Crippen molar-refractivity contribution in [2.45, 2.75) is 110 Å². The summed E-state index contributed by atoms with van der Waals surface area (Å²) < 4.78 is 39.2. The van der Waals surface area contributed by atoms with E-state index in [9.17, 15) is 0 Å². The van der Waals surface area contributed by atoms with Gasteiger partial charge < -0.3 is 18.6 Å². The molecule has 8 heteroatoms. The monoisotopic (exact) mass is 527 g/mol. The number of hydrogen-bond acceptors (Lipinski definition) is 6. The number of halogens is 1. The molecule has 1 aromatic rings. The lowest BCUT2D eigenvalue weighted by Crippen LogP contribution is -2.44. The fraction of sp³-hybridized carbons (Fsp3) is 0.741. The van der Waals surface area contributed by atoms with Gasteiger partial charge >= 0.3 is 0 Å². The fourth-order valence-corrected chi connectivity index (χ4v) is 5.24. The normalized spacial score (nSPS) is 20.2. The van der Waals surface area contributed by atoms with Gasteiger partial charge in [0.2, 0.25) is 0 Å². The van der Waals surface area contributed by atoms with E-state index in [1.807, 2.05) is 19.2 Å². The highest BCUT2D eigenvalue weighted by Gasteiger charge is 2.39. The molecule has 1 aliphatic heterocycles.